The van der Waals surface area contributed by atoms with Crippen molar-refractivity contribution in [2.45, 2.75) is 13.3 Å². The number of nitrogens with zero attached hydrogens (tertiary/aromatic N) is 1. The van der Waals surface area contributed by atoms with E-state index in [0.717, 1.165) is 21.9 Å². The first-order valence-electron chi connectivity index (χ1n) is 6.71. The second-order valence-corrected chi connectivity index (χ2v) is 6.65. The molecule has 0 bridgehead atoms. The number of benzene rings is 2. The van der Waals surface area contributed by atoms with E-state index in [1.807, 2.05) is 0 Å². The maximum absolute atomic E-state index is 3.55. The van der Waals surface area contributed by atoms with Crippen LogP contribution in [0.3, 0.4) is 0 Å². The van der Waals surface area contributed by atoms with Crippen LogP contribution in [0.1, 0.15) is 18.1 Å². The van der Waals surface area contributed by atoms with Crippen molar-refractivity contribution in [3.8, 4) is 0 Å². The van der Waals surface area contributed by atoms with Crippen molar-refractivity contribution in [3.05, 3.63) is 68.6 Å². The van der Waals surface area contributed by atoms with Crippen LogP contribution in [0, 0.1) is 0 Å². The molecule has 102 valence electrons. The first-order chi connectivity index (χ1) is 9.69. The number of allylic oxidation sites excluding steroid dienone is 1. The summed E-state index contributed by atoms with van der Waals surface area (Å²) in [4.78, 5) is 2.37. The van der Waals surface area contributed by atoms with E-state index in [1.165, 1.54) is 22.5 Å². The van der Waals surface area contributed by atoms with E-state index in [1.54, 1.807) is 0 Å². The van der Waals surface area contributed by atoms with Gasteiger partial charge in [-0.15, -0.1) is 0 Å². The number of fused-ring (bicyclic) bond motifs is 1. The van der Waals surface area contributed by atoms with Gasteiger partial charge in [0, 0.05) is 32.4 Å². The first kappa shape index (κ1) is 13.9. The van der Waals surface area contributed by atoms with Crippen LogP contribution in [0.15, 0.2) is 57.5 Å². The van der Waals surface area contributed by atoms with Gasteiger partial charge >= 0.3 is 0 Å². The lowest BCUT2D eigenvalue weighted by Gasteiger charge is -2.25. The molecule has 0 radical (unpaired) electrons. The van der Waals surface area contributed by atoms with Crippen LogP contribution < -0.4 is 4.90 Å². The molecule has 3 rings (SSSR count). The Kier molecular flexibility index (Phi) is 3.99. The van der Waals surface area contributed by atoms with Crippen molar-refractivity contribution in [3.63, 3.8) is 0 Å². The standard InChI is InChI=1S/C17H15Br2N/c1-2-20(15-7-4-13(18)5-8-15)17-10-3-12-11-14(19)6-9-16(12)17/h4-11H,2-3H2,1H3. The van der Waals surface area contributed by atoms with Crippen molar-refractivity contribution in [2.24, 2.45) is 0 Å². The van der Waals surface area contributed by atoms with Crippen molar-refractivity contribution in [1.29, 1.82) is 0 Å². The van der Waals surface area contributed by atoms with Gasteiger partial charge in [-0.2, -0.15) is 0 Å². The molecule has 0 atom stereocenters. The van der Waals surface area contributed by atoms with E-state index >= 15 is 0 Å². The molecule has 1 aliphatic rings. The van der Waals surface area contributed by atoms with E-state index in [9.17, 15) is 0 Å². The zero-order chi connectivity index (χ0) is 14.1. The summed E-state index contributed by atoms with van der Waals surface area (Å²) in [6.07, 6.45) is 3.33. The summed E-state index contributed by atoms with van der Waals surface area (Å²) in [5.74, 6) is 0. The summed E-state index contributed by atoms with van der Waals surface area (Å²) in [7, 11) is 0. The highest BCUT2D eigenvalue weighted by Gasteiger charge is 2.19. The molecule has 0 spiro atoms. The second-order valence-electron chi connectivity index (χ2n) is 4.82. The summed E-state index contributed by atoms with van der Waals surface area (Å²) in [6.45, 7) is 3.16. The Morgan fingerprint density at radius 2 is 1.70 bits per heavy atom. The normalized spacial score (nSPS) is 13.1. The summed E-state index contributed by atoms with van der Waals surface area (Å²) in [6, 6.07) is 15.0. The lowest BCUT2D eigenvalue weighted by atomic mass is 10.1. The van der Waals surface area contributed by atoms with Gasteiger partial charge in [0.1, 0.15) is 0 Å². The lowest BCUT2D eigenvalue weighted by Crippen LogP contribution is -2.20. The SMILES string of the molecule is CCN(C1=CCc2cc(Br)ccc21)c1ccc(Br)cc1. The van der Waals surface area contributed by atoms with Crippen LogP contribution in [-0.4, -0.2) is 6.54 Å². The van der Waals surface area contributed by atoms with Crippen molar-refractivity contribution < 1.29 is 0 Å². The second kappa shape index (κ2) is 5.74. The molecule has 0 saturated carbocycles. The van der Waals surface area contributed by atoms with E-state index < -0.39 is 0 Å². The molecule has 0 fully saturated rings. The molecule has 2 aromatic carbocycles. The molecule has 3 heteroatoms. The fraction of sp³-hybridized carbons (Fsp3) is 0.176. The maximum Gasteiger partial charge on any atom is 0.0450 e. The minimum atomic E-state index is 0.961. The summed E-state index contributed by atoms with van der Waals surface area (Å²) < 4.78 is 2.26. The Hall–Kier alpha value is -1.06. The van der Waals surface area contributed by atoms with Gasteiger partial charge in [-0.1, -0.05) is 44.0 Å². The van der Waals surface area contributed by atoms with Crippen LogP contribution in [-0.2, 0) is 6.42 Å². The highest BCUT2D eigenvalue weighted by Crippen LogP contribution is 2.35. The number of hydrogen-bond donors (Lipinski definition) is 0. The van der Waals surface area contributed by atoms with Crippen molar-refractivity contribution in [2.75, 3.05) is 11.4 Å². The average molecular weight is 393 g/mol. The van der Waals surface area contributed by atoms with Gasteiger partial charge in [0.05, 0.1) is 0 Å². The van der Waals surface area contributed by atoms with Gasteiger partial charge in [0.15, 0.2) is 0 Å². The Morgan fingerprint density at radius 1 is 1.00 bits per heavy atom. The highest BCUT2D eigenvalue weighted by atomic mass is 79.9. The van der Waals surface area contributed by atoms with E-state index in [-0.39, 0.29) is 0 Å². The molecule has 0 aromatic heterocycles. The fourth-order valence-corrected chi connectivity index (χ4v) is 3.34. The smallest absolute Gasteiger partial charge is 0.0450 e. The molecular weight excluding hydrogens is 378 g/mol. The number of hydrogen-bond acceptors (Lipinski definition) is 1. The highest BCUT2D eigenvalue weighted by molar-refractivity contribution is 9.10. The van der Waals surface area contributed by atoms with Gasteiger partial charge in [-0.3, -0.25) is 0 Å². The molecule has 0 N–H and O–H groups in total. The topological polar surface area (TPSA) is 3.24 Å². The number of rotatable bonds is 3. The Bertz CT molecular complexity index is 659. The van der Waals surface area contributed by atoms with Crippen LogP contribution in [0.4, 0.5) is 5.69 Å². The predicted octanol–water partition coefficient (Wildman–Crippen LogP) is 5.64. The molecule has 0 heterocycles. The first-order valence-corrected chi connectivity index (χ1v) is 8.29. The van der Waals surface area contributed by atoms with Crippen LogP contribution in [0.2, 0.25) is 0 Å². The van der Waals surface area contributed by atoms with Gasteiger partial charge in [0.25, 0.3) is 0 Å². The Morgan fingerprint density at radius 3 is 2.40 bits per heavy atom. The third-order valence-electron chi connectivity index (χ3n) is 3.60. The van der Waals surface area contributed by atoms with Gasteiger partial charge in [-0.25, -0.2) is 0 Å². The third-order valence-corrected chi connectivity index (χ3v) is 4.63. The predicted molar refractivity (Wildman–Crippen MR) is 93.0 cm³/mol. The number of anilines is 1. The molecule has 20 heavy (non-hydrogen) atoms. The fourth-order valence-electron chi connectivity index (χ4n) is 2.67. The lowest BCUT2D eigenvalue weighted by molar-refractivity contribution is 1.03. The summed E-state index contributed by atoms with van der Waals surface area (Å²) in [5.41, 5.74) is 5.29. The molecule has 2 aromatic rings. The maximum atomic E-state index is 3.55. The minimum Gasteiger partial charge on any atom is -0.342 e. The van der Waals surface area contributed by atoms with E-state index in [4.69, 9.17) is 0 Å². The zero-order valence-corrected chi connectivity index (χ0v) is 14.4. The Labute approximate surface area is 136 Å². The molecule has 0 amide bonds. The van der Waals surface area contributed by atoms with Gasteiger partial charge in [-0.05, 0) is 55.3 Å². The van der Waals surface area contributed by atoms with Crippen LogP contribution >= 0.6 is 31.9 Å². The van der Waals surface area contributed by atoms with E-state index in [2.05, 4.69) is 92.2 Å². The van der Waals surface area contributed by atoms with Crippen LogP contribution in [0.25, 0.3) is 5.70 Å². The van der Waals surface area contributed by atoms with Gasteiger partial charge < -0.3 is 4.90 Å². The summed E-state index contributed by atoms with van der Waals surface area (Å²) in [5, 5.41) is 0. The number of halogens is 2. The van der Waals surface area contributed by atoms with Gasteiger partial charge in [0.2, 0.25) is 0 Å². The molecule has 0 aliphatic heterocycles. The molecule has 0 unspecified atom stereocenters. The zero-order valence-electron chi connectivity index (χ0n) is 11.2. The van der Waals surface area contributed by atoms with Crippen LogP contribution in [0.5, 0.6) is 0 Å². The third kappa shape index (κ3) is 2.57. The quantitative estimate of drug-likeness (QED) is 0.653. The Balaban J connectivity index is 1.98. The minimum absolute atomic E-state index is 0.961. The average Bonchev–Trinajstić information content (AvgIpc) is 2.85. The largest absolute Gasteiger partial charge is 0.342 e. The monoisotopic (exact) mass is 391 g/mol. The van der Waals surface area contributed by atoms with Crippen molar-refractivity contribution >= 4 is 43.2 Å². The molecule has 1 aliphatic carbocycles. The molecule has 1 nitrogen and oxygen atoms in total. The van der Waals surface area contributed by atoms with Crippen molar-refractivity contribution in [1.82, 2.24) is 0 Å². The molecule has 0 saturated heterocycles. The molecular formula is C17H15Br2N. The van der Waals surface area contributed by atoms with E-state index in [0.29, 0.717) is 0 Å². The summed E-state index contributed by atoms with van der Waals surface area (Å²) >= 11 is 7.05.